The lowest BCUT2D eigenvalue weighted by Crippen LogP contribution is -2.44. The number of aliphatic carboxylic acids is 1. The Morgan fingerprint density at radius 3 is 3.00 bits per heavy atom. The van der Waals surface area contributed by atoms with Gasteiger partial charge in [-0.25, -0.2) is 9.78 Å². The minimum absolute atomic E-state index is 0.0509. The van der Waals surface area contributed by atoms with E-state index in [1.54, 1.807) is 0 Å². The fraction of sp³-hybridized carbons (Fsp3) is 0.455. The molecular weight excluding hydrogens is 302 g/mol. The molecule has 1 aromatic heterocycles. The van der Waals surface area contributed by atoms with Crippen molar-refractivity contribution in [2.75, 3.05) is 17.4 Å². The molecule has 2 aliphatic rings. The fourth-order valence-corrected chi connectivity index (χ4v) is 4.23. The maximum Gasteiger partial charge on any atom is 0.327 e. The summed E-state index contributed by atoms with van der Waals surface area (Å²) in [6.45, 7) is 0.532. The lowest BCUT2D eigenvalue weighted by molar-refractivity contribution is -0.140. The first-order chi connectivity index (χ1) is 9.59. The first-order valence-corrected chi connectivity index (χ1v) is 8.08. The van der Waals surface area contributed by atoms with Crippen LogP contribution < -0.4 is 5.56 Å². The Morgan fingerprint density at radius 2 is 2.25 bits per heavy atom. The third-order valence-corrected chi connectivity index (χ3v) is 5.20. The van der Waals surface area contributed by atoms with E-state index in [1.807, 2.05) is 0 Å². The number of hydrogen-bond donors (Lipinski definition) is 1. The van der Waals surface area contributed by atoms with Crippen molar-refractivity contribution < 1.29 is 14.7 Å². The van der Waals surface area contributed by atoms with E-state index in [-0.39, 0.29) is 17.0 Å². The molecule has 1 amide bonds. The second kappa shape index (κ2) is 5.13. The molecule has 1 fully saturated rings. The van der Waals surface area contributed by atoms with Crippen LogP contribution in [-0.2, 0) is 11.3 Å². The highest BCUT2D eigenvalue weighted by molar-refractivity contribution is 7.99. The molecule has 1 unspecified atom stereocenters. The van der Waals surface area contributed by atoms with Gasteiger partial charge in [0.15, 0.2) is 5.16 Å². The number of nitrogens with zero attached hydrogens (tertiary/aromatic N) is 3. The van der Waals surface area contributed by atoms with Crippen LogP contribution in [0.15, 0.2) is 16.1 Å². The van der Waals surface area contributed by atoms with Gasteiger partial charge >= 0.3 is 5.97 Å². The van der Waals surface area contributed by atoms with Crippen LogP contribution in [0.3, 0.4) is 0 Å². The van der Waals surface area contributed by atoms with Crippen LogP contribution in [0.5, 0.6) is 0 Å². The number of carbonyl (C=O) groups is 2. The Hall–Kier alpha value is -1.48. The summed E-state index contributed by atoms with van der Waals surface area (Å²) in [4.78, 5) is 41.1. The first kappa shape index (κ1) is 13.5. The zero-order valence-corrected chi connectivity index (χ0v) is 11.9. The van der Waals surface area contributed by atoms with E-state index in [2.05, 4.69) is 4.98 Å². The maximum atomic E-state index is 12.4. The predicted octanol–water partition coefficient (Wildman–Crippen LogP) is -0.0513. The molecule has 0 radical (unpaired) electrons. The molecule has 0 bridgehead atoms. The van der Waals surface area contributed by atoms with Crippen molar-refractivity contribution in [2.24, 2.45) is 0 Å². The van der Waals surface area contributed by atoms with E-state index < -0.39 is 17.9 Å². The van der Waals surface area contributed by atoms with Gasteiger partial charge < -0.3 is 10.0 Å². The normalized spacial score (nSPS) is 21.0. The minimum atomic E-state index is -1.05. The van der Waals surface area contributed by atoms with Crippen LogP contribution in [0.2, 0.25) is 0 Å². The highest BCUT2D eigenvalue weighted by atomic mass is 32.2. The quantitative estimate of drug-likeness (QED) is 0.765. The predicted molar refractivity (Wildman–Crippen MR) is 74.1 cm³/mol. The molecule has 1 atom stereocenters. The van der Waals surface area contributed by atoms with Gasteiger partial charge in [-0.1, -0.05) is 11.8 Å². The van der Waals surface area contributed by atoms with Crippen molar-refractivity contribution in [1.82, 2.24) is 14.5 Å². The molecule has 3 heterocycles. The number of carbonyl (C=O) groups excluding carboxylic acids is 1. The number of aromatic nitrogens is 2. The number of amides is 1. The number of carboxylic acid groups (broad SMARTS) is 1. The van der Waals surface area contributed by atoms with Crippen LogP contribution in [-0.4, -0.2) is 54.9 Å². The van der Waals surface area contributed by atoms with E-state index >= 15 is 0 Å². The summed E-state index contributed by atoms with van der Waals surface area (Å²) in [5.74, 6) is -0.209. The molecule has 106 valence electrons. The average Bonchev–Trinajstić information content (AvgIpc) is 3.07. The number of carboxylic acids is 1. The zero-order chi connectivity index (χ0) is 14.3. The molecule has 20 heavy (non-hydrogen) atoms. The van der Waals surface area contributed by atoms with E-state index in [4.69, 9.17) is 5.11 Å². The number of hydrogen-bond acceptors (Lipinski definition) is 6. The Balaban J connectivity index is 1.96. The summed E-state index contributed by atoms with van der Waals surface area (Å²) in [7, 11) is 0. The molecule has 1 saturated heterocycles. The molecule has 0 spiro atoms. The molecule has 1 aromatic rings. The van der Waals surface area contributed by atoms with Gasteiger partial charge in [0.05, 0.1) is 5.88 Å². The monoisotopic (exact) mass is 313 g/mol. The SMILES string of the molecule is O=C(O)C1CSCN1C(=O)c1cnc2n(c1=O)CCS2. The molecule has 0 aromatic carbocycles. The Labute approximate surface area is 122 Å². The Kier molecular flexibility index (Phi) is 3.47. The molecule has 0 aliphatic carbocycles. The molecular formula is C11H11N3O4S2. The number of thioether (sulfide) groups is 2. The van der Waals surface area contributed by atoms with Crippen LogP contribution in [0.4, 0.5) is 0 Å². The van der Waals surface area contributed by atoms with Crippen LogP contribution >= 0.6 is 23.5 Å². The van der Waals surface area contributed by atoms with Crippen molar-refractivity contribution in [3.8, 4) is 0 Å². The third-order valence-electron chi connectivity index (χ3n) is 3.22. The molecule has 7 nitrogen and oxygen atoms in total. The van der Waals surface area contributed by atoms with Crippen molar-refractivity contribution in [1.29, 1.82) is 0 Å². The first-order valence-electron chi connectivity index (χ1n) is 5.94. The molecule has 1 N–H and O–H groups in total. The summed E-state index contributed by atoms with van der Waals surface area (Å²) in [5.41, 5.74) is -0.434. The van der Waals surface area contributed by atoms with Gasteiger partial charge in [0.2, 0.25) is 0 Å². The number of fused-ring (bicyclic) bond motifs is 1. The maximum absolute atomic E-state index is 12.4. The zero-order valence-electron chi connectivity index (χ0n) is 10.3. The average molecular weight is 313 g/mol. The van der Waals surface area contributed by atoms with E-state index in [9.17, 15) is 14.4 Å². The van der Waals surface area contributed by atoms with Crippen LogP contribution in [0, 0.1) is 0 Å². The lowest BCUT2D eigenvalue weighted by Gasteiger charge is -2.20. The summed E-state index contributed by atoms with van der Waals surface area (Å²) in [6, 6.07) is -0.875. The van der Waals surface area contributed by atoms with Crippen molar-refractivity contribution in [3.05, 3.63) is 22.1 Å². The smallest absolute Gasteiger partial charge is 0.327 e. The third kappa shape index (κ3) is 2.10. The summed E-state index contributed by atoms with van der Waals surface area (Å²) in [5, 5.41) is 9.70. The standard InChI is InChI=1S/C11H11N3O4S2/c15-8-6(3-12-11-13(8)1-2-20-11)9(16)14-5-19-4-7(14)10(17)18/h3,7H,1-2,4-5H2,(H,17,18). The summed E-state index contributed by atoms with van der Waals surface area (Å²) in [6.07, 6.45) is 1.26. The van der Waals surface area contributed by atoms with E-state index in [0.717, 1.165) is 5.75 Å². The molecule has 9 heteroatoms. The van der Waals surface area contributed by atoms with Gasteiger partial charge in [0.1, 0.15) is 11.6 Å². The van der Waals surface area contributed by atoms with Gasteiger partial charge in [-0.05, 0) is 0 Å². The second-order valence-corrected chi connectivity index (χ2v) is 6.45. The van der Waals surface area contributed by atoms with Gasteiger partial charge in [-0.3, -0.25) is 14.2 Å². The van der Waals surface area contributed by atoms with E-state index in [0.29, 0.717) is 17.5 Å². The van der Waals surface area contributed by atoms with Gasteiger partial charge in [-0.15, -0.1) is 11.8 Å². The summed E-state index contributed by atoms with van der Waals surface area (Å²) >= 11 is 2.83. The molecule has 3 rings (SSSR count). The molecule has 2 aliphatic heterocycles. The van der Waals surface area contributed by atoms with Crippen LogP contribution in [0.1, 0.15) is 10.4 Å². The van der Waals surface area contributed by atoms with Crippen molar-refractivity contribution >= 4 is 35.4 Å². The van der Waals surface area contributed by atoms with E-state index in [1.165, 1.54) is 39.2 Å². The largest absolute Gasteiger partial charge is 0.480 e. The van der Waals surface area contributed by atoms with Crippen molar-refractivity contribution in [3.63, 3.8) is 0 Å². The minimum Gasteiger partial charge on any atom is -0.480 e. The number of rotatable bonds is 2. The van der Waals surface area contributed by atoms with Crippen LogP contribution in [0.25, 0.3) is 0 Å². The summed E-state index contributed by atoms with van der Waals surface area (Å²) < 4.78 is 1.47. The topological polar surface area (TPSA) is 92.5 Å². The Bertz CT molecular complexity index is 645. The van der Waals surface area contributed by atoms with Gasteiger partial charge in [0, 0.05) is 24.2 Å². The van der Waals surface area contributed by atoms with Crippen molar-refractivity contribution in [2.45, 2.75) is 17.7 Å². The van der Waals surface area contributed by atoms with Gasteiger partial charge in [0.25, 0.3) is 11.5 Å². The highest BCUT2D eigenvalue weighted by Crippen LogP contribution is 2.24. The fourth-order valence-electron chi connectivity index (χ4n) is 2.17. The highest BCUT2D eigenvalue weighted by Gasteiger charge is 2.36. The molecule has 0 saturated carbocycles. The lowest BCUT2D eigenvalue weighted by atomic mass is 10.2. The van der Waals surface area contributed by atoms with Gasteiger partial charge in [-0.2, -0.15) is 0 Å². The Morgan fingerprint density at radius 1 is 1.45 bits per heavy atom. The second-order valence-electron chi connectivity index (χ2n) is 4.39.